The molecule has 1 heteroatoms. The third-order valence-electron chi connectivity index (χ3n) is 4.05. The minimum atomic E-state index is -0.256. The van der Waals surface area contributed by atoms with Gasteiger partial charge in [0.25, 0.3) is 0 Å². The smallest absolute Gasteiger partial charge is 0.0760 e. The molecule has 0 spiro atoms. The van der Waals surface area contributed by atoms with Crippen LogP contribution in [0, 0.1) is 16.7 Å². The minimum Gasteiger partial charge on any atom is -0.389 e. The molecule has 0 saturated heterocycles. The molecule has 1 nitrogen and oxygen atoms in total. The van der Waals surface area contributed by atoms with Crippen LogP contribution in [0.15, 0.2) is 23.8 Å². The summed E-state index contributed by atoms with van der Waals surface area (Å²) in [6, 6.07) is 0. The van der Waals surface area contributed by atoms with Gasteiger partial charge in [0, 0.05) is 5.41 Å². The largest absolute Gasteiger partial charge is 0.389 e. The fraction of sp³-hybridized carbons (Fsp3) is 0.692. The Bertz CT molecular complexity index is 311. The van der Waals surface area contributed by atoms with Gasteiger partial charge in [0.1, 0.15) is 0 Å². The number of fused-ring (bicyclic) bond motifs is 1. The van der Waals surface area contributed by atoms with E-state index in [1.165, 1.54) is 5.57 Å². The van der Waals surface area contributed by atoms with E-state index in [4.69, 9.17) is 0 Å². The topological polar surface area (TPSA) is 20.2 Å². The highest BCUT2D eigenvalue weighted by atomic mass is 16.3. The summed E-state index contributed by atoms with van der Waals surface area (Å²) in [7, 11) is 0. The van der Waals surface area contributed by atoms with Gasteiger partial charge < -0.3 is 5.11 Å². The van der Waals surface area contributed by atoms with Gasteiger partial charge in [0.05, 0.1) is 6.10 Å². The second-order valence-corrected chi connectivity index (χ2v) is 5.75. The first-order valence-corrected chi connectivity index (χ1v) is 5.45. The zero-order valence-corrected chi connectivity index (χ0v) is 9.54. The monoisotopic (exact) mass is 192 g/mol. The molecule has 3 atom stereocenters. The van der Waals surface area contributed by atoms with Gasteiger partial charge in [0.2, 0.25) is 0 Å². The summed E-state index contributed by atoms with van der Waals surface area (Å²) in [5.41, 5.74) is 1.79. The van der Waals surface area contributed by atoms with Gasteiger partial charge in [-0.25, -0.2) is 0 Å². The van der Waals surface area contributed by atoms with Gasteiger partial charge in [-0.1, -0.05) is 51.5 Å². The molecular weight excluding hydrogens is 172 g/mol. The van der Waals surface area contributed by atoms with Crippen molar-refractivity contribution >= 4 is 0 Å². The third kappa shape index (κ3) is 1.26. The Morgan fingerprint density at radius 1 is 1.29 bits per heavy atom. The predicted octanol–water partition coefficient (Wildman–Crippen LogP) is 2.92. The van der Waals surface area contributed by atoms with Crippen molar-refractivity contribution in [1.29, 1.82) is 0 Å². The number of aliphatic hydroxyl groups excluding tert-OH is 1. The Hall–Kier alpha value is -0.560. The Kier molecular flexibility index (Phi) is 1.94. The summed E-state index contributed by atoms with van der Waals surface area (Å²) in [5.74, 6) is 0.324. The number of hydrogen-bond donors (Lipinski definition) is 1. The van der Waals surface area contributed by atoms with Gasteiger partial charge in [-0.3, -0.25) is 0 Å². The number of rotatable bonds is 0. The molecular formula is C13H20O. The van der Waals surface area contributed by atoms with Gasteiger partial charge in [0.15, 0.2) is 0 Å². The highest BCUT2D eigenvalue weighted by Gasteiger charge is 2.45. The first-order chi connectivity index (χ1) is 6.35. The van der Waals surface area contributed by atoms with Crippen LogP contribution >= 0.6 is 0 Å². The maximum absolute atomic E-state index is 9.85. The zero-order chi connectivity index (χ0) is 10.6. The average Bonchev–Trinajstić information content (AvgIpc) is 2.28. The quantitative estimate of drug-likeness (QED) is 0.585. The Labute approximate surface area is 86.5 Å². The summed E-state index contributed by atoms with van der Waals surface area (Å²) < 4.78 is 0. The molecule has 14 heavy (non-hydrogen) atoms. The van der Waals surface area contributed by atoms with Gasteiger partial charge in [-0.15, -0.1) is 0 Å². The molecule has 0 aromatic heterocycles. The average molecular weight is 192 g/mol. The van der Waals surface area contributed by atoms with Crippen molar-refractivity contribution in [2.45, 2.75) is 40.2 Å². The molecule has 0 aromatic rings. The molecule has 0 amide bonds. The summed E-state index contributed by atoms with van der Waals surface area (Å²) in [4.78, 5) is 0. The fourth-order valence-electron chi connectivity index (χ4n) is 2.63. The molecule has 78 valence electrons. The maximum atomic E-state index is 9.85. The zero-order valence-electron chi connectivity index (χ0n) is 9.54. The van der Waals surface area contributed by atoms with Crippen LogP contribution in [-0.2, 0) is 0 Å². The van der Waals surface area contributed by atoms with E-state index in [-0.39, 0.29) is 16.9 Å². The Morgan fingerprint density at radius 2 is 1.93 bits per heavy atom. The number of allylic oxidation sites excluding steroid dienone is 3. The van der Waals surface area contributed by atoms with Crippen molar-refractivity contribution in [3.63, 3.8) is 0 Å². The lowest BCUT2D eigenvalue weighted by Gasteiger charge is -2.39. The van der Waals surface area contributed by atoms with Crippen molar-refractivity contribution in [2.24, 2.45) is 16.7 Å². The molecule has 0 radical (unpaired) electrons. The van der Waals surface area contributed by atoms with E-state index >= 15 is 0 Å². The number of hydrogen-bond acceptors (Lipinski definition) is 1. The molecule has 0 saturated carbocycles. The van der Waals surface area contributed by atoms with Crippen molar-refractivity contribution in [1.82, 2.24) is 0 Å². The molecule has 0 fully saturated rings. The lowest BCUT2D eigenvalue weighted by Crippen LogP contribution is -2.31. The van der Waals surface area contributed by atoms with Crippen LogP contribution < -0.4 is 0 Å². The lowest BCUT2D eigenvalue weighted by atomic mass is 9.66. The van der Waals surface area contributed by atoms with Gasteiger partial charge in [-0.2, -0.15) is 0 Å². The highest BCUT2D eigenvalue weighted by Crippen LogP contribution is 2.52. The van der Waals surface area contributed by atoms with Crippen molar-refractivity contribution in [3.8, 4) is 0 Å². The van der Waals surface area contributed by atoms with Gasteiger partial charge >= 0.3 is 0 Å². The summed E-state index contributed by atoms with van der Waals surface area (Å²) in [5, 5.41) is 9.85. The van der Waals surface area contributed by atoms with E-state index < -0.39 is 0 Å². The molecule has 0 aromatic carbocycles. The van der Waals surface area contributed by atoms with Crippen LogP contribution in [-0.4, -0.2) is 11.2 Å². The van der Waals surface area contributed by atoms with E-state index in [0.29, 0.717) is 5.92 Å². The molecule has 0 aliphatic heterocycles. The first-order valence-electron chi connectivity index (χ1n) is 5.45. The van der Waals surface area contributed by atoms with Crippen LogP contribution in [0.4, 0.5) is 0 Å². The van der Waals surface area contributed by atoms with E-state index in [1.807, 2.05) is 0 Å². The fourth-order valence-corrected chi connectivity index (χ4v) is 2.63. The molecule has 3 unspecified atom stereocenters. The van der Waals surface area contributed by atoms with Crippen LogP contribution in [0.2, 0.25) is 0 Å². The van der Waals surface area contributed by atoms with Crippen LogP contribution in [0.1, 0.15) is 34.1 Å². The third-order valence-corrected chi connectivity index (χ3v) is 4.05. The van der Waals surface area contributed by atoms with Crippen LogP contribution in [0.3, 0.4) is 0 Å². The maximum Gasteiger partial charge on any atom is 0.0760 e. The predicted molar refractivity (Wildman–Crippen MR) is 58.9 cm³/mol. The summed E-state index contributed by atoms with van der Waals surface area (Å²) in [6.45, 7) is 8.88. The van der Waals surface area contributed by atoms with Crippen molar-refractivity contribution < 1.29 is 5.11 Å². The molecule has 0 bridgehead atoms. The number of aliphatic hydroxyl groups is 1. The van der Waals surface area contributed by atoms with E-state index in [9.17, 15) is 5.11 Å². The van der Waals surface area contributed by atoms with Crippen LogP contribution in [0.25, 0.3) is 0 Å². The molecule has 0 heterocycles. The van der Waals surface area contributed by atoms with Crippen molar-refractivity contribution in [2.75, 3.05) is 0 Å². The lowest BCUT2D eigenvalue weighted by molar-refractivity contribution is 0.129. The second kappa shape index (κ2) is 2.73. The Morgan fingerprint density at radius 3 is 2.57 bits per heavy atom. The van der Waals surface area contributed by atoms with Crippen molar-refractivity contribution in [3.05, 3.63) is 23.8 Å². The SMILES string of the molecule is CC1C(O)C=C2CC(C)(C)C=CC21C. The Balaban J connectivity index is 2.42. The van der Waals surface area contributed by atoms with Crippen LogP contribution in [0.5, 0.6) is 0 Å². The normalized spacial score (nSPS) is 44.8. The molecule has 1 N–H and O–H groups in total. The molecule has 2 aliphatic carbocycles. The first kappa shape index (κ1) is 9.97. The standard InChI is InChI=1S/C13H20O/c1-9-11(14)7-10-8-12(2,3)5-6-13(9,10)4/h5-7,9,11,14H,8H2,1-4H3. The minimum absolute atomic E-state index is 0.106. The van der Waals surface area contributed by atoms with E-state index in [0.717, 1.165) is 6.42 Å². The molecule has 2 aliphatic rings. The van der Waals surface area contributed by atoms with E-state index in [2.05, 4.69) is 45.9 Å². The highest BCUT2D eigenvalue weighted by molar-refractivity contribution is 5.35. The molecule has 2 rings (SSSR count). The summed E-state index contributed by atoms with van der Waals surface area (Å²) >= 11 is 0. The second-order valence-electron chi connectivity index (χ2n) is 5.75. The van der Waals surface area contributed by atoms with Gasteiger partial charge in [-0.05, 0) is 17.8 Å². The van der Waals surface area contributed by atoms with E-state index in [1.54, 1.807) is 0 Å². The summed E-state index contributed by atoms with van der Waals surface area (Å²) in [6.07, 6.45) is 7.49.